The molecule has 0 saturated carbocycles. The van der Waals surface area contributed by atoms with Crippen LogP contribution < -0.4 is 15.2 Å². The van der Waals surface area contributed by atoms with Crippen molar-refractivity contribution < 1.29 is 14.6 Å². The van der Waals surface area contributed by atoms with Crippen molar-refractivity contribution in [3.05, 3.63) is 18.2 Å². The highest BCUT2D eigenvalue weighted by Gasteiger charge is 2.18. The molecule has 0 aliphatic rings. The van der Waals surface area contributed by atoms with Gasteiger partial charge in [0.05, 0.1) is 19.8 Å². The van der Waals surface area contributed by atoms with Crippen LogP contribution in [-0.2, 0) is 0 Å². The molecule has 0 fully saturated rings. The van der Waals surface area contributed by atoms with Gasteiger partial charge in [0.15, 0.2) is 11.5 Å². The normalized spacial score (nSPS) is 11.3. The Morgan fingerprint density at radius 2 is 1.94 bits per heavy atom. The summed E-state index contributed by atoms with van der Waals surface area (Å²) in [4.78, 5) is 0. The largest absolute Gasteiger partial charge is 0.490 e. The fourth-order valence-corrected chi connectivity index (χ4v) is 1.23. The molecule has 0 aliphatic carbocycles. The number of aliphatic hydroxyl groups excluding tert-OH is 1. The molecule has 0 amide bonds. The van der Waals surface area contributed by atoms with E-state index in [2.05, 4.69) is 0 Å². The van der Waals surface area contributed by atoms with Crippen LogP contribution in [0.3, 0.4) is 0 Å². The standard InChI is InChI=1S/C13H21NO3/c1-4-16-12-7-10(14)5-6-11(12)17-9-13(2,3)8-15/h5-7,15H,4,8-9,14H2,1-3H3. The lowest BCUT2D eigenvalue weighted by atomic mass is 9.96. The Morgan fingerprint density at radius 1 is 1.24 bits per heavy atom. The minimum Gasteiger partial charge on any atom is -0.490 e. The number of nitrogen functional groups attached to an aromatic ring is 1. The minimum absolute atomic E-state index is 0.0753. The zero-order chi connectivity index (χ0) is 12.9. The Labute approximate surface area is 102 Å². The maximum atomic E-state index is 9.16. The van der Waals surface area contributed by atoms with Crippen molar-refractivity contribution in [2.24, 2.45) is 5.41 Å². The summed E-state index contributed by atoms with van der Waals surface area (Å²) in [5.74, 6) is 1.30. The lowest BCUT2D eigenvalue weighted by Crippen LogP contribution is -2.25. The highest BCUT2D eigenvalue weighted by Crippen LogP contribution is 2.30. The molecule has 3 N–H and O–H groups in total. The van der Waals surface area contributed by atoms with Crippen LogP contribution in [0.5, 0.6) is 11.5 Å². The van der Waals surface area contributed by atoms with Crippen LogP contribution in [0.15, 0.2) is 18.2 Å². The van der Waals surface area contributed by atoms with Gasteiger partial charge < -0.3 is 20.3 Å². The molecule has 1 rings (SSSR count). The van der Waals surface area contributed by atoms with Crippen molar-refractivity contribution in [2.45, 2.75) is 20.8 Å². The summed E-state index contributed by atoms with van der Waals surface area (Å²) in [7, 11) is 0. The Hall–Kier alpha value is -1.42. The van der Waals surface area contributed by atoms with E-state index in [4.69, 9.17) is 20.3 Å². The third kappa shape index (κ3) is 4.15. The van der Waals surface area contributed by atoms with Crippen molar-refractivity contribution in [2.75, 3.05) is 25.6 Å². The average Bonchev–Trinajstić information content (AvgIpc) is 2.28. The molecule has 0 unspecified atom stereocenters. The molecule has 0 bridgehead atoms. The summed E-state index contributed by atoms with van der Waals surface area (Å²) in [6.45, 7) is 6.84. The number of rotatable bonds is 6. The van der Waals surface area contributed by atoms with Gasteiger partial charge in [-0.15, -0.1) is 0 Å². The minimum atomic E-state index is -0.273. The van der Waals surface area contributed by atoms with Gasteiger partial charge in [-0.2, -0.15) is 0 Å². The Balaban J connectivity index is 2.76. The van der Waals surface area contributed by atoms with E-state index in [0.29, 0.717) is 30.4 Å². The second-order valence-corrected chi connectivity index (χ2v) is 4.75. The molecule has 1 aromatic rings. The number of hydrogen-bond donors (Lipinski definition) is 2. The second kappa shape index (κ2) is 5.77. The molecule has 17 heavy (non-hydrogen) atoms. The molecule has 0 aromatic heterocycles. The number of hydrogen-bond acceptors (Lipinski definition) is 4. The van der Waals surface area contributed by atoms with Crippen molar-refractivity contribution >= 4 is 5.69 Å². The number of nitrogens with two attached hydrogens (primary N) is 1. The molecular formula is C13H21NO3. The number of benzene rings is 1. The van der Waals surface area contributed by atoms with Crippen LogP contribution in [0.25, 0.3) is 0 Å². The molecule has 1 aromatic carbocycles. The summed E-state index contributed by atoms with van der Waals surface area (Å²) in [5.41, 5.74) is 6.06. The molecule has 4 nitrogen and oxygen atoms in total. The van der Waals surface area contributed by atoms with E-state index in [1.165, 1.54) is 0 Å². The monoisotopic (exact) mass is 239 g/mol. The van der Waals surface area contributed by atoms with Crippen molar-refractivity contribution in [1.29, 1.82) is 0 Å². The zero-order valence-electron chi connectivity index (χ0n) is 10.7. The van der Waals surface area contributed by atoms with Crippen LogP contribution in [0.1, 0.15) is 20.8 Å². The number of ether oxygens (including phenoxy) is 2. The first-order chi connectivity index (χ1) is 7.98. The van der Waals surface area contributed by atoms with Gasteiger partial charge in [0.25, 0.3) is 0 Å². The van der Waals surface area contributed by atoms with E-state index in [1.54, 1.807) is 18.2 Å². The van der Waals surface area contributed by atoms with Gasteiger partial charge in [-0.05, 0) is 19.1 Å². The number of anilines is 1. The quantitative estimate of drug-likeness (QED) is 0.746. The first kappa shape index (κ1) is 13.6. The third-order valence-electron chi connectivity index (χ3n) is 2.31. The first-order valence-corrected chi connectivity index (χ1v) is 5.74. The van der Waals surface area contributed by atoms with Crippen molar-refractivity contribution in [3.63, 3.8) is 0 Å². The third-order valence-corrected chi connectivity index (χ3v) is 2.31. The highest BCUT2D eigenvalue weighted by atomic mass is 16.5. The summed E-state index contributed by atoms with van der Waals surface area (Å²) in [5, 5.41) is 9.16. The Bertz CT molecular complexity index is 364. The molecule has 0 spiro atoms. The Morgan fingerprint density at radius 3 is 2.53 bits per heavy atom. The van der Waals surface area contributed by atoms with Gasteiger partial charge in [0.1, 0.15) is 0 Å². The molecule has 96 valence electrons. The Kier molecular flexibility index (Phi) is 4.63. The van der Waals surface area contributed by atoms with Crippen LogP contribution in [0.4, 0.5) is 5.69 Å². The summed E-state index contributed by atoms with van der Waals surface area (Å²) in [6, 6.07) is 5.29. The van der Waals surface area contributed by atoms with E-state index in [0.717, 1.165) is 0 Å². The zero-order valence-corrected chi connectivity index (χ0v) is 10.7. The maximum Gasteiger partial charge on any atom is 0.163 e. The van der Waals surface area contributed by atoms with Gasteiger partial charge in [0.2, 0.25) is 0 Å². The molecule has 0 saturated heterocycles. The topological polar surface area (TPSA) is 64.7 Å². The van der Waals surface area contributed by atoms with Gasteiger partial charge in [-0.25, -0.2) is 0 Å². The summed E-state index contributed by atoms with van der Waals surface area (Å²) >= 11 is 0. The van der Waals surface area contributed by atoms with Crippen molar-refractivity contribution in [3.8, 4) is 11.5 Å². The SMILES string of the molecule is CCOc1cc(N)ccc1OCC(C)(C)CO. The van der Waals surface area contributed by atoms with Gasteiger partial charge in [-0.1, -0.05) is 13.8 Å². The molecule has 0 atom stereocenters. The van der Waals surface area contributed by atoms with Crippen LogP contribution >= 0.6 is 0 Å². The lowest BCUT2D eigenvalue weighted by molar-refractivity contribution is 0.0954. The van der Waals surface area contributed by atoms with E-state index >= 15 is 0 Å². The molecular weight excluding hydrogens is 218 g/mol. The first-order valence-electron chi connectivity index (χ1n) is 5.74. The highest BCUT2D eigenvalue weighted by molar-refractivity contribution is 5.51. The summed E-state index contributed by atoms with van der Waals surface area (Å²) < 4.78 is 11.1. The molecule has 0 radical (unpaired) electrons. The maximum absolute atomic E-state index is 9.16. The number of aliphatic hydroxyl groups is 1. The van der Waals surface area contributed by atoms with E-state index in [1.807, 2.05) is 20.8 Å². The second-order valence-electron chi connectivity index (χ2n) is 4.75. The summed E-state index contributed by atoms with van der Waals surface area (Å²) in [6.07, 6.45) is 0. The van der Waals surface area contributed by atoms with Crippen LogP contribution in [0, 0.1) is 5.41 Å². The van der Waals surface area contributed by atoms with E-state index < -0.39 is 0 Å². The lowest BCUT2D eigenvalue weighted by Gasteiger charge is -2.22. The van der Waals surface area contributed by atoms with Crippen molar-refractivity contribution in [1.82, 2.24) is 0 Å². The van der Waals surface area contributed by atoms with Gasteiger partial charge >= 0.3 is 0 Å². The van der Waals surface area contributed by atoms with Crippen LogP contribution in [0.2, 0.25) is 0 Å². The predicted octanol–water partition coefficient (Wildman–Crippen LogP) is 2.06. The predicted molar refractivity (Wildman–Crippen MR) is 68.4 cm³/mol. The fraction of sp³-hybridized carbons (Fsp3) is 0.538. The van der Waals surface area contributed by atoms with Gasteiger partial charge in [0, 0.05) is 17.2 Å². The van der Waals surface area contributed by atoms with E-state index in [-0.39, 0.29) is 12.0 Å². The average molecular weight is 239 g/mol. The molecule has 0 heterocycles. The van der Waals surface area contributed by atoms with Gasteiger partial charge in [-0.3, -0.25) is 0 Å². The smallest absolute Gasteiger partial charge is 0.163 e. The molecule has 4 heteroatoms. The van der Waals surface area contributed by atoms with Crippen LogP contribution in [-0.4, -0.2) is 24.9 Å². The molecule has 0 aliphatic heterocycles. The fourth-order valence-electron chi connectivity index (χ4n) is 1.23. The van der Waals surface area contributed by atoms with E-state index in [9.17, 15) is 0 Å².